The largest absolute Gasteiger partial charge is 0.444 e. The summed E-state index contributed by atoms with van der Waals surface area (Å²) in [6, 6.07) is 3.92. The molecule has 0 bridgehead atoms. The molecule has 24 heavy (non-hydrogen) atoms. The minimum atomic E-state index is -0.845. The van der Waals surface area contributed by atoms with E-state index in [1.807, 2.05) is 20.8 Å². The minimum absolute atomic E-state index is 0.0545. The Morgan fingerprint density at radius 2 is 2.04 bits per heavy atom. The maximum Gasteiger partial charge on any atom is 0.410 e. The van der Waals surface area contributed by atoms with Crippen molar-refractivity contribution in [3.8, 4) is 0 Å². The Bertz CT molecular complexity index is 573. The van der Waals surface area contributed by atoms with Gasteiger partial charge >= 0.3 is 6.09 Å². The van der Waals surface area contributed by atoms with Gasteiger partial charge < -0.3 is 15.0 Å². The number of halogens is 2. The average Bonchev–Trinajstić information content (AvgIpc) is 2.49. The molecule has 1 aromatic carbocycles. The molecule has 1 amide bonds. The van der Waals surface area contributed by atoms with Gasteiger partial charge in [0, 0.05) is 25.7 Å². The van der Waals surface area contributed by atoms with E-state index >= 15 is 0 Å². The first-order chi connectivity index (χ1) is 11.3. The lowest BCUT2D eigenvalue weighted by molar-refractivity contribution is 0.00993. The first-order valence-electron chi connectivity index (χ1n) is 8.40. The lowest BCUT2D eigenvalue weighted by Crippen LogP contribution is -2.50. The van der Waals surface area contributed by atoms with E-state index < -0.39 is 17.2 Å². The summed E-state index contributed by atoms with van der Waals surface area (Å²) in [4.78, 5) is 14.1. The zero-order valence-corrected chi connectivity index (χ0v) is 14.6. The molecule has 0 spiro atoms. The van der Waals surface area contributed by atoms with Crippen molar-refractivity contribution in [2.45, 2.75) is 58.2 Å². The fraction of sp³-hybridized carbons (Fsp3) is 0.611. The van der Waals surface area contributed by atoms with Gasteiger partial charge in [0.15, 0.2) is 11.6 Å². The molecule has 1 aliphatic heterocycles. The van der Waals surface area contributed by atoms with Crippen molar-refractivity contribution in [1.29, 1.82) is 0 Å². The van der Waals surface area contributed by atoms with Gasteiger partial charge in [-0.2, -0.15) is 0 Å². The average molecular weight is 340 g/mol. The highest BCUT2D eigenvalue weighted by Gasteiger charge is 2.30. The number of piperidine rings is 1. The summed E-state index contributed by atoms with van der Waals surface area (Å²) in [5.74, 6) is -1.69. The summed E-state index contributed by atoms with van der Waals surface area (Å²) < 4.78 is 31.6. The highest BCUT2D eigenvalue weighted by Crippen LogP contribution is 2.20. The molecule has 2 rings (SSSR count). The Hall–Kier alpha value is -1.69. The third-order valence-corrected chi connectivity index (χ3v) is 3.95. The van der Waals surface area contributed by atoms with Crippen LogP contribution in [0.3, 0.4) is 0 Å². The molecule has 0 aliphatic carbocycles. The Kier molecular flexibility index (Phi) is 6.15. The van der Waals surface area contributed by atoms with Gasteiger partial charge in [-0.25, -0.2) is 13.6 Å². The van der Waals surface area contributed by atoms with E-state index in [0.717, 1.165) is 25.3 Å². The molecule has 134 valence electrons. The Morgan fingerprint density at radius 3 is 2.71 bits per heavy atom. The highest BCUT2D eigenvalue weighted by molar-refractivity contribution is 5.68. The summed E-state index contributed by atoms with van der Waals surface area (Å²) in [6.45, 7) is 7.27. The zero-order chi connectivity index (χ0) is 17.7. The number of benzene rings is 1. The fourth-order valence-corrected chi connectivity index (χ4v) is 2.81. The number of nitrogens with one attached hydrogen (secondary N) is 1. The molecule has 1 aromatic rings. The number of hydrogen-bond donors (Lipinski definition) is 1. The maximum atomic E-state index is 13.2. The standard InChI is InChI=1S/C18H26F2N2O2/c1-18(2,3)24-17(23)22-9-5-4-6-14(22)12-21-11-13-7-8-15(19)16(20)10-13/h7-8,10,14,21H,4-6,9,11-12H2,1-3H3. The van der Waals surface area contributed by atoms with Gasteiger partial charge in [0.1, 0.15) is 5.60 Å². The van der Waals surface area contributed by atoms with E-state index in [-0.39, 0.29) is 12.1 Å². The van der Waals surface area contributed by atoms with Crippen LogP contribution in [0.4, 0.5) is 13.6 Å². The van der Waals surface area contributed by atoms with Crippen molar-refractivity contribution in [2.24, 2.45) is 0 Å². The van der Waals surface area contributed by atoms with Crippen LogP contribution < -0.4 is 5.32 Å². The summed E-state index contributed by atoms with van der Waals surface area (Å²) in [5.41, 5.74) is 0.159. The molecule has 1 saturated heterocycles. The van der Waals surface area contributed by atoms with Gasteiger partial charge in [0.05, 0.1) is 0 Å². The molecule has 0 saturated carbocycles. The molecular formula is C18H26F2N2O2. The van der Waals surface area contributed by atoms with Gasteiger partial charge in [-0.05, 0) is 57.7 Å². The second-order valence-electron chi connectivity index (χ2n) is 7.20. The van der Waals surface area contributed by atoms with Crippen molar-refractivity contribution >= 4 is 6.09 Å². The van der Waals surface area contributed by atoms with E-state index in [1.54, 1.807) is 11.0 Å². The molecule has 1 heterocycles. The Morgan fingerprint density at radius 1 is 1.29 bits per heavy atom. The number of likely N-dealkylation sites (tertiary alicyclic amines) is 1. The Balaban J connectivity index is 1.88. The molecule has 4 nitrogen and oxygen atoms in total. The molecule has 1 fully saturated rings. The van der Waals surface area contributed by atoms with E-state index in [4.69, 9.17) is 4.74 Å². The molecule has 1 N–H and O–H groups in total. The topological polar surface area (TPSA) is 41.6 Å². The minimum Gasteiger partial charge on any atom is -0.444 e. The molecule has 0 radical (unpaired) electrons. The van der Waals surface area contributed by atoms with Crippen LogP contribution >= 0.6 is 0 Å². The van der Waals surface area contributed by atoms with E-state index in [9.17, 15) is 13.6 Å². The molecular weight excluding hydrogens is 314 g/mol. The second kappa shape index (κ2) is 7.92. The summed E-state index contributed by atoms with van der Waals surface area (Å²) in [6.07, 6.45) is 2.65. The second-order valence-corrected chi connectivity index (χ2v) is 7.20. The summed E-state index contributed by atoms with van der Waals surface area (Å²) in [5, 5.41) is 3.23. The lowest BCUT2D eigenvalue weighted by Gasteiger charge is -2.37. The number of hydrogen-bond acceptors (Lipinski definition) is 3. The third-order valence-electron chi connectivity index (χ3n) is 3.95. The van der Waals surface area contributed by atoms with Crippen LogP contribution in [0, 0.1) is 11.6 Å². The SMILES string of the molecule is CC(C)(C)OC(=O)N1CCCCC1CNCc1ccc(F)c(F)c1. The molecule has 6 heteroatoms. The molecule has 1 aliphatic rings. The molecule has 1 atom stereocenters. The highest BCUT2D eigenvalue weighted by atomic mass is 19.2. The molecule has 0 aromatic heterocycles. The van der Waals surface area contributed by atoms with Gasteiger partial charge in [-0.15, -0.1) is 0 Å². The van der Waals surface area contributed by atoms with E-state index in [2.05, 4.69) is 5.32 Å². The van der Waals surface area contributed by atoms with Crippen molar-refractivity contribution in [3.05, 3.63) is 35.4 Å². The normalized spacial score (nSPS) is 18.5. The van der Waals surface area contributed by atoms with E-state index in [1.165, 1.54) is 6.07 Å². The van der Waals surface area contributed by atoms with Crippen LogP contribution in [0.1, 0.15) is 45.6 Å². The van der Waals surface area contributed by atoms with Crippen molar-refractivity contribution in [2.75, 3.05) is 13.1 Å². The van der Waals surface area contributed by atoms with Crippen LogP contribution in [0.25, 0.3) is 0 Å². The number of carbonyl (C=O) groups is 1. The predicted octanol–water partition coefficient (Wildman–Crippen LogP) is 3.84. The van der Waals surface area contributed by atoms with Gasteiger partial charge in [0.25, 0.3) is 0 Å². The van der Waals surface area contributed by atoms with Crippen molar-refractivity contribution < 1.29 is 18.3 Å². The van der Waals surface area contributed by atoms with Crippen LogP contribution in [0.15, 0.2) is 18.2 Å². The van der Waals surface area contributed by atoms with Crippen LogP contribution in [0.5, 0.6) is 0 Å². The van der Waals surface area contributed by atoms with Crippen LogP contribution in [0.2, 0.25) is 0 Å². The smallest absolute Gasteiger partial charge is 0.410 e. The van der Waals surface area contributed by atoms with E-state index in [0.29, 0.717) is 25.2 Å². The summed E-state index contributed by atoms with van der Waals surface area (Å²) >= 11 is 0. The van der Waals surface area contributed by atoms with Crippen LogP contribution in [-0.2, 0) is 11.3 Å². The van der Waals surface area contributed by atoms with Gasteiger partial charge in [-0.3, -0.25) is 0 Å². The van der Waals surface area contributed by atoms with Gasteiger partial charge in [-0.1, -0.05) is 6.07 Å². The monoisotopic (exact) mass is 340 g/mol. The number of carbonyl (C=O) groups excluding carboxylic acids is 1. The van der Waals surface area contributed by atoms with Crippen LogP contribution in [-0.4, -0.2) is 35.7 Å². The number of amides is 1. The zero-order valence-electron chi connectivity index (χ0n) is 14.6. The molecule has 1 unspecified atom stereocenters. The third kappa shape index (κ3) is 5.44. The fourth-order valence-electron chi connectivity index (χ4n) is 2.81. The maximum absolute atomic E-state index is 13.2. The first kappa shape index (κ1) is 18.6. The number of nitrogens with zero attached hydrogens (tertiary/aromatic N) is 1. The van der Waals surface area contributed by atoms with Gasteiger partial charge in [0.2, 0.25) is 0 Å². The first-order valence-corrected chi connectivity index (χ1v) is 8.40. The Labute approximate surface area is 142 Å². The number of rotatable bonds is 4. The lowest BCUT2D eigenvalue weighted by atomic mass is 10.0. The van der Waals surface area contributed by atoms with Crippen molar-refractivity contribution in [1.82, 2.24) is 10.2 Å². The summed E-state index contributed by atoms with van der Waals surface area (Å²) in [7, 11) is 0. The number of ether oxygens (including phenoxy) is 1. The quantitative estimate of drug-likeness (QED) is 0.905. The van der Waals surface area contributed by atoms with Crippen molar-refractivity contribution in [3.63, 3.8) is 0 Å². The predicted molar refractivity (Wildman–Crippen MR) is 88.6 cm³/mol.